The van der Waals surface area contributed by atoms with Crippen molar-refractivity contribution in [2.45, 2.75) is 45.4 Å². The summed E-state index contributed by atoms with van der Waals surface area (Å²) in [6.07, 6.45) is 2.40. The SMILES string of the molecule is CCOCOc1ccc(OC)c(F)c1C(=O)c1ccc(C(=O)N[C@H]2CN(C(=O)OC(C)(C)C)C[C@H]2NC(=O)c2ccncc2)cc1. The quantitative estimate of drug-likeness (QED) is 0.181. The van der Waals surface area contributed by atoms with Crippen LogP contribution >= 0.6 is 0 Å². The van der Waals surface area contributed by atoms with Crippen LogP contribution in [-0.2, 0) is 9.47 Å². The average Bonchev–Trinajstić information content (AvgIpc) is 3.42. The second-order valence-electron chi connectivity index (χ2n) is 11.4. The predicted octanol–water partition coefficient (Wildman–Crippen LogP) is 3.98. The molecule has 0 aliphatic carbocycles. The van der Waals surface area contributed by atoms with Gasteiger partial charge >= 0.3 is 6.09 Å². The Bertz CT molecular complexity index is 1560. The third-order valence-electron chi connectivity index (χ3n) is 6.97. The summed E-state index contributed by atoms with van der Waals surface area (Å²) >= 11 is 0. The lowest BCUT2D eigenvalue weighted by Gasteiger charge is -2.24. The van der Waals surface area contributed by atoms with Crippen LogP contribution in [0.2, 0.25) is 0 Å². The smallest absolute Gasteiger partial charge is 0.410 e. The predicted molar refractivity (Wildman–Crippen MR) is 164 cm³/mol. The zero-order chi connectivity index (χ0) is 33.4. The Balaban J connectivity index is 1.51. The lowest BCUT2D eigenvalue weighted by atomic mass is 10.00. The van der Waals surface area contributed by atoms with Crippen LogP contribution in [0.15, 0.2) is 60.9 Å². The summed E-state index contributed by atoms with van der Waals surface area (Å²) in [5.74, 6) is -2.63. The molecule has 13 heteroatoms. The molecule has 0 spiro atoms. The maximum atomic E-state index is 15.2. The van der Waals surface area contributed by atoms with Crippen LogP contribution in [0.1, 0.15) is 64.3 Å². The third kappa shape index (κ3) is 8.36. The van der Waals surface area contributed by atoms with Gasteiger partial charge in [-0.1, -0.05) is 12.1 Å². The first-order valence-corrected chi connectivity index (χ1v) is 14.6. The molecule has 0 bridgehead atoms. The highest BCUT2D eigenvalue weighted by atomic mass is 19.1. The number of ether oxygens (including phenoxy) is 4. The van der Waals surface area contributed by atoms with E-state index in [-0.39, 0.29) is 48.1 Å². The fraction of sp³-hybridized carbons (Fsp3) is 0.364. The van der Waals surface area contributed by atoms with Gasteiger partial charge in [-0.15, -0.1) is 0 Å². The lowest BCUT2D eigenvalue weighted by Crippen LogP contribution is -2.51. The normalized spacial score (nSPS) is 16.0. The molecular weight excluding hydrogens is 599 g/mol. The van der Waals surface area contributed by atoms with E-state index in [0.29, 0.717) is 12.2 Å². The second kappa shape index (κ2) is 14.8. The summed E-state index contributed by atoms with van der Waals surface area (Å²) in [5, 5.41) is 5.77. The van der Waals surface area contributed by atoms with E-state index in [4.69, 9.17) is 18.9 Å². The van der Waals surface area contributed by atoms with Gasteiger partial charge in [0.25, 0.3) is 11.8 Å². The molecule has 4 rings (SSSR count). The van der Waals surface area contributed by atoms with Gasteiger partial charge in [-0.05, 0) is 64.1 Å². The number of ketones is 1. The number of hydrogen-bond acceptors (Lipinski definition) is 9. The minimum atomic E-state index is -0.890. The van der Waals surface area contributed by atoms with Crippen LogP contribution in [0, 0.1) is 5.82 Å². The van der Waals surface area contributed by atoms with Gasteiger partial charge in [0.15, 0.2) is 24.1 Å². The highest BCUT2D eigenvalue weighted by Crippen LogP contribution is 2.31. The van der Waals surface area contributed by atoms with Gasteiger partial charge in [-0.25, -0.2) is 9.18 Å². The van der Waals surface area contributed by atoms with E-state index >= 15 is 4.39 Å². The van der Waals surface area contributed by atoms with Crippen LogP contribution in [0.5, 0.6) is 11.5 Å². The van der Waals surface area contributed by atoms with Crippen molar-refractivity contribution in [1.82, 2.24) is 20.5 Å². The fourth-order valence-electron chi connectivity index (χ4n) is 4.71. The van der Waals surface area contributed by atoms with Crippen LogP contribution in [0.3, 0.4) is 0 Å². The van der Waals surface area contributed by atoms with Crippen molar-refractivity contribution < 1.29 is 42.5 Å². The molecule has 0 unspecified atom stereocenters. The maximum Gasteiger partial charge on any atom is 0.410 e. The highest BCUT2D eigenvalue weighted by molar-refractivity contribution is 6.11. The number of pyridine rings is 1. The first kappa shape index (κ1) is 33.8. The lowest BCUT2D eigenvalue weighted by molar-refractivity contribution is 0.0217. The Morgan fingerprint density at radius 2 is 1.41 bits per heavy atom. The van der Waals surface area contributed by atoms with E-state index in [1.54, 1.807) is 39.8 Å². The van der Waals surface area contributed by atoms with Crippen LogP contribution in [0.25, 0.3) is 0 Å². The summed E-state index contributed by atoms with van der Waals surface area (Å²) < 4.78 is 36.4. The number of amides is 3. The van der Waals surface area contributed by atoms with Crippen molar-refractivity contribution in [1.29, 1.82) is 0 Å². The maximum absolute atomic E-state index is 15.2. The molecule has 1 saturated heterocycles. The Hall–Kier alpha value is -5.04. The van der Waals surface area contributed by atoms with Gasteiger partial charge in [0.05, 0.1) is 19.2 Å². The van der Waals surface area contributed by atoms with Crippen molar-refractivity contribution >= 4 is 23.7 Å². The van der Waals surface area contributed by atoms with E-state index in [9.17, 15) is 19.2 Å². The van der Waals surface area contributed by atoms with Crippen molar-refractivity contribution in [2.75, 3.05) is 33.6 Å². The average molecular weight is 637 g/mol. The number of carbonyl (C=O) groups is 4. The van der Waals surface area contributed by atoms with Gasteiger partial charge in [0, 0.05) is 48.8 Å². The number of methoxy groups -OCH3 is 1. The monoisotopic (exact) mass is 636 g/mol. The Kier molecular flexibility index (Phi) is 10.9. The molecule has 1 aliphatic rings. The molecule has 0 saturated carbocycles. The van der Waals surface area contributed by atoms with Gasteiger partial charge < -0.3 is 34.5 Å². The standard InChI is InChI=1S/C33H37FN4O8/c1-6-44-19-45-25-11-12-26(43-5)28(34)27(25)29(39)20-7-9-21(10-8-20)30(40)36-23-17-38(32(42)46-33(2,3)4)18-24(23)37-31(41)22-13-15-35-16-14-22/h7-16,23-24H,6,17-19H2,1-5H3,(H,36,40)(H,37,41)/t23-,24+/m0/s1. The third-order valence-corrected chi connectivity index (χ3v) is 6.97. The second-order valence-corrected chi connectivity index (χ2v) is 11.4. The van der Waals surface area contributed by atoms with E-state index in [1.165, 1.54) is 60.8 Å². The molecule has 1 aliphatic heterocycles. The molecule has 3 amide bonds. The van der Waals surface area contributed by atoms with Crippen molar-refractivity contribution in [2.24, 2.45) is 0 Å². The number of rotatable bonds is 11. The Labute approximate surface area is 266 Å². The number of halogens is 1. The molecule has 12 nitrogen and oxygen atoms in total. The van der Waals surface area contributed by atoms with E-state index in [2.05, 4.69) is 15.6 Å². The van der Waals surface area contributed by atoms with Gasteiger partial charge in [-0.2, -0.15) is 0 Å². The Morgan fingerprint density at radius 1 is 0.870 bits per heavy atom. The van der Waals surface area contributed by atoms with Gasteiger partial charge in [0.1, 0.15) is 16.9 Å². The number of nitrogens with zero attached hydrogens (tertiary/aromatic N) is 2. The topological polar surface area (TPSA) is 145 Å². The molecule has 2 aromatic carbocycles. The van der Waals surface area contributed by atoms with Crippen LogP contribution in [-0.4, -0.2) is 84.9 Å². The number of likely N-dealkylation sites (tertiary alicyclic amines) is 1. The first-order valence-electron chi connectivity index (χ1n) is 14.6. The van der Waals surface area contributed by atoms with Crippen molar-refractivity contribution in [3.05, 3.63) is 89.0 Å². The van der Waals surface area contributed by atoms with Crippen LogP contribution < -0.4 is 20.1 Å². The molecule has 2 heterocycles. The largest absolute Gasteiger partial charge is 0.494 e. The molecule has 2 N–H and O–H groups in total. The number of hydrogen-bond donors (Lipinski definition) is 2. The highest BCUT2D eigenvalue weighted by Gasteiger charge is 2.39. The Morgan fingerprint density at radius 3 is 1.96 bits per heavy atom. The minimum Gasteiger partial charge on any atom is -0.494 e. The number of aromatic nitrogens is 1. The summed E-state index contributed by atoms with van der Waals surface area (Å²) in [5.41, 5.74) is -0.404. The number of nitrogens with one attached hydrogen (secondary N) is 2. The van der Waals surface area contributed by atoms with E-state index < -0.39 is 47.2 Å². The zero-order valence-corrected chi connectivity index (χ0v) is 26.3. The van der Waals surface area contributed by atoms with Gasteiger partial charge in [0.2, 0.25) is 0 Å². The number of benzene rings is 2. The van der Waals surface area contributed by atoms with Crippen molar-refractivity contribution in [3.63, 3.8) is 0 Å². The molecule has 2 atom stereocenters. The molecule has 3 aromatic rings. The molecular formula is C33H37FN4O8. The molecule has 1 aromatic heterocycles. The molecule has 1 fully saturated rings. The van der Waals surface area contributed by atoms with E-state index in [0.717, 1.165) is 0 Å². The fourth-order valence-corrected chi connectivity index (χ4v) is 4.71. The molecule has 0 radical (unpaired) electrons. The first-order chi connectivity index (χ1) is 21.9. The van der Waals surface area contributed by atoms with Gasteiger partial charge in [-0.3, -0.25) is 19.4 Å². The van der Waals surface area contributed by atoms with E-state index in [1.807, 2.05) is 0 Å². The minimum absolute atomic E-state index is 0.0193. The number of carbonyl (C=O) groups excluding carboxylic acids is 4. The summed E-state index contributed by atoms with van der Waals surface area (Å²) in [6, 6.07) is 10.2. The summed E-state index contributed by atoms with van der Waals surface area (Å²) in [6.45, 7) is 7.37. The summed E-state index contributed by atoms with van der Waals surface area (Å²) in [4.78, 5) is 57.8. The van der Waals surface area contributed by atoms with Crippen LogP contribution in [0.4, 0.5) is 9.18 Å². The zero-order valence-electron chi connectivity index (χ0n) is 26.3. The summed E-state index contributed by atoms with van der Waals surface area (Å²) in [7, 11) is 1.28. The molecule has 244 valence electrons. The van der Waals surface area contributed by atoms with Crippen molar-refractivity contribution in [3.8, 4) is 11.5 Å². The molecule has 46 heavy (non-hydrogen) atoms.